The minimum absolute atomic E-state index is 0.221. The van der Waals surface area contributed by atoms with Gasteiger partial charge in [-0.05, 0) is 42.9 Å². The van der Waals surface area contributed by atoms with Gasteiger partial charge in [-0.1, -0.05) is 12.1 Å². The van der Waals surface area contributed by atoms with Crippen LogP contribution in [0.1, 0.15) is 30.9 Å². The highest BCUT2D eigenvalue weighted by molar-refractivity contribution is 5.31. The lowest BCUT2D eigenvalue weighted by molar-refractivity contribution is 0.0492. The molecule has 3 rings (SSSR count). The summed E-state index contributed by atoms with van der Waals surface area (Å²) in [5.41, 5.74) is 1.25. The van der Waals surface area contributed by atoms with Gasteiger partial charge in [0.25, 0.3) is 0 Å². The summed E-state index contributed by atoms with van der Waals surface area (Å²) in [6.07, 6.45) is 2.87. The lowest BCUT2D eigenvalue weighted by Crippen LogP contribution is -2.33. The van der Waals surface area contributed by atoms with Crippen LogP contribution in [0.4, 0.5) is 0 Å². The van der Waals surface area contributed by atoms with Crippen LogP contribution in [0.3, 0.4) is 0 Å². The van der Waals surface area contributed by atoms with Crippen LogP contribution in [0.25, 0.3) is 0 Å². The van der Waals surface area contributed by atoms with E-state index in [1.807, 2.05) is 12.1 Å². The molecule has 2 aliphatic rings. The summed E-state index contributed by atoms with van der Waals surface area (Å²) in [4.78, 5) is 2.44. The minimum Gasteiger partial charge on any atom is -0.497 e. The van der Waals surface area contributed by atoms with E-state index in [9.17, 15) is 5.11 Å². The molecule has 0 aliphatic carbocycles. The maximum atomic E-state index is 10.1. The first-order chi connectivity index (χ1) is 10.3. The molecule has 2 aliphatic heterocycles. The Kier molecular flexibility index (Phi) is 4.78. The third-order valence-corrected chi connectivity index (χ3v) is 4.69. The van der Waals surface area contributed by atoms with Crippen molar-refractivity contribution in [3.8, 4) is 5.75 Å². The number of aliphatic hydroxyl groups is 1. The first kappa shape index (κ1) is 14.8. The molecule has 116 valence electrons. The van der Waals surface area contributed by atoms with Crippen molar-refractivity contribution < 1.29 is 14.6 Å². The van der Waals surface area contributed by atoms with Gasteiger partial charge in [0.05, 0.1) is 13.2 Å². The zero-order chi connectivity index (χ0) is 14.7. The molecule has 0 bridgehead atoms. The van der Waals surface area contributed by atoms with Crippen LogP contribution in [-0.2, 0) is 4.74 Å². The lowest BCUT2D eigenvalue weighted by Gasteiger charge is -2.31. The van der Waals surface area contributed by atoms with Crippen LogP contribution in [0.15, 0.2) is 24.3 Å². The minimum atomic E-state index is -0.221. The van der Waals surface area contributed by atoms with E-state index >= 15 is 0 Å². The second-order valence-corrected chi connectivity index (χ2v) is 6.19. The summed E-state index contributed by atoms with van der Waals surface area (Å²) in [7, 11) is 1.70. The number of nitrogens with zero attached hydrogens (tertiary/aromatic N) is 1. The Morgan fingerprint density at radius 3 is 2.90 bits per heavy atom. The second kappa shape index (κ2) is 6.77. The summed E-state index contributed by atoms with van der Waals surface area (Å²) in [5.74, 6) is 1.58. The van der Waals surface area contributed by atoms with E-state index in [0.29, 0.717) is 12.0 Å². The first-order valence-electron chi connectivity index (χ1n) is 7.90. The van der Waals surface area contributed by atoms with E-state index in [0.717, 1.165) is 51.3 Å². The number of β-amino-alcohol motifs (C(OH)–C–C–N with tert-alkyl or cyclic N) is 1. The van der Waals surface area contributed by atoms with E-state index in [1.54, 1.807) is 7.11 Å². The SMILES string of the molecule is COc1cccc([C@@H]2C[C@@H](O)CN2CC2CCOCC2)c1. The number of ether oxygens (including phenoxy) is 2. The molecule has 0 amide bonds. The predicted molar refractivity (Wildman–Crippen MR) is 81.5 cm³/mol. The van der Waals surface area contributed by atoms with Crippen LogP contribution >= 0.6 is 0 Å². The highest BCUT2D eigenvalue weighted by Gasteiger charge is 2.33. The van der Waals surface area contributed by atoms with E-state index in [-0.39, 0.29) is 6.10 Å². The molecule has 2 saturated heterocycles. The number of likely N-dealkylation sites (tertiary alicyclic amines) is 1. The molecular formula is C17H25NO3. The van der Waals surface area contributed by atoms with Gasteiger partial charge in [-0.25, -0.2) is 0 Å². The molecule has 2 heterocycles. The molecule has 4 nitrogen and oxygen atoms in total. The van der Waals surface area contributed by atoms with Crippen molar-refractivity contribution >= 4 is 0 Å². The highest BCUT2D eigenvalue weighted by Crippen LogP contribution is 2.35. The summed E-state index contributed by atoms with van der Waals surface area (Å²) in [6, 6.07) is 8.54. The second-order valence-electron chi connectivity index (χ2n) is 6.19. The Morgan fingerprint density at radius 2 is 2.14 bits per heavy atom. The number of hydrogen-bond donors (Lipinski definition) is 1. The molecule has 2 atom stereocenters. The molecule has 0 spiro atoms. The van der Waals surface area contributed by atoms with Crippen molar-refractivity contribution in [2.75, 3.05) is 33.4 Å². The van der Waals surface area contributed by atoms with Gasteiger partial charge in [0.2, 0.25) is 0 Å². The third-order valence-electron chi connectivity index (χ3n) is 4.69. The van der Waals surface area contributed by atoms with E-state index < -0.39 is 0 Å². The maximum Gasteiger partial charge on any atom is 0.119 e. The molecular weight excluding hydrogens is 266 g/mol. The predicted octanol–water partition coefficient (Wildman–Crippen LogP) is 2.23. The zero-order valence-electron chi connectivity index (χ0n) is 12.7. The Hall–Kier alpha value is -1.10. The number of methoxy groups -OCH3 is 1. The van der Waals surface area contributed by atoms with Gasteiger partial charge in [0, 0.05) is 32.3 Å². The fourth-order valence-electron chi connectivity index (χ4n) is 3.54. The van der Waals surface area contributed by atoms with Crippen molar-refractivity contribution in [1.82, 2.24) is 4.90 Å². The molecule has 21 heavy (non-hydrogen) atoms. The van der Waals surface area contributed by atoms with Gasteiger partial charge in [0.15, 0.2) is 0 Å². The molecule has 1 aromatic rings. The fourth-order valence-corrected chi connectivity index (χ4v) is 3.54. The number of rotatable bonds is 4. The summed E-state index contributed by atoms with van der Waals surface area (Å²) in [6.45, 7) is 3.59. The Balaban J connectivity index is 1.71. The van der Waals surface area contributed by atoms with Crippen LogP contribution in [0.2, 0.25) is 0 Å². The average molecular weight is 291 g/mol. The van der Waals surface area contributed by atoms with Crippen molar-refractivity contribution in [3.05, 3.63) is 29.8 Å². The molecule has 0 radical (unpaired) electrons. The smallest absolute Gasteiger partial charge is 0.119 e. The Labute approximate surface area is 126 Å². The third kappa shape index (κ3) is 3.57. The molecule has 1 aromatic carbocycles. The summed E-state index contributed by atoms with van der Waals surface area (Å²) < 4.78 is 10.8. The van der Waals surface area contributed by atoms with Gasteiger partial charge in [-0.3, -0.25) is 4.90 Å². The average Bonchev–Trinajstić information content (AvgIpc) is 2.89. The van der Waals surface area contributed by atoms with E-state index in [1.165, 1.54) is 5.56 Å². The first-order valence-corrected chi connectivity index (χ1v) is 7.90. The monoisotopic (exact) mass is 291 g/mol. The standard InChI is InChI=1S/C17H25NO3/c1-20-16-4-2-3-14(9-16)17-10-15(19)12-18(17)11-13-5-7-21-8-6-13/h2-4,9,13,15,17,19H,5-8,10-12H2,1H3/t15-,17+/m1/s1. The van der Waals surface area contributed by atoms with Crippen LogP contribution < -0.4 is 4.74 Å². The van der Waals surface area contributed by atoms with Crippen molar-refractivity contribution in [2.24, 2.45) is 5.92 Å². The summed E-state index contributed by atoms with van der Waals surface area (Å²) >= 11 is 0. The van der Waals surface area contributed by atoms with E-state index in [2.05, 4.69) is 17.0 Å². The Bertz CT molecular complexity index is 459. The Morgan fingerprint density at radius 1 is 1.33 bits per heavy atom. The topological polar surface area (TPSA) is 41.9 Å². The zero-order valence-corrected chi connectivity index (χ0v) is 12.7. The van der Waals surface area contributed by atoms with Crippen molar-refractivity contribution in [1.29, 1.82) is 0 Å². The quantitative estimate of drug-likeness (QED) is 0.924. The number of aliphatic hydroxyl groups excluding tert-OH is 1. The summed E-state index contributed by atoms with van der Waals surface area (Å²) in [5, 5.41) is 10.1. The molecule has 2 fully saturated rings. The molecule has 0 unspecified atom stereocenters. The highest BCUT2D eigenvalue weighted by atomic mass is 16.5. The van der Waals surface area contributed by atoms with Gasteiger partial charge in [-0.15, -0.1) is 0 Å². The van der Waals surface area contributed by atoms with Gasteiger partial charge >= 0.3 is 0 Å². The normalized spacial score (nSPS) is 27.9. The molecule has 1 N–H and O–H groups in total. The molecule has 0 aromatic heterocycles. The van der Waals surface area contributed by atoms with Gasteiger partial charge in [0.1, 0.15) is 5.75 Å². The number of benzene rings is 1. The van der Waals surface area contributed by atoms with Gasteiger partial charge < -0.3 is 14.6 Å². The van der Waals surface area contributed by atoms with Crippen LogP contribution in [0.5, 0.6) is 5.75 Å². The van der Waals surface area contributed by atoms with Crippen LogP contribution in [0, 0.1) is 5.92 Å². The van der Waals surface area contributed by atoms with Gasteiger partial charge in [-0.2, -0.15) is 0 Å². The van der Waals surface area contributed by atoms with Crippen molar-refractivity contribution in [2.45, 2.75) is 31.4 Å². The maximum absolute atomic E-state index is 10.1. The molecule has 4 heteroatoms. The molecule has 0 saturated carbocycles. The van der Waals surface area contributed by atoms with Crippen molar-refractivity contribution in [3.63, 3.8) is 0 Å². The van der Waals surface area contributed by atoms with Crippen LogP contribution in [-0.4, -0.2) is 49.5 Å². The fraction of sp³-hybridized carbons (Fsp3) is 0.647. The lowest BCUT2D eigenvalue weighted by atomic mass is 9.98. The van der Waals surface area contributed by atoms with E-state index in [4.69, 9.17) is 9.47 Å². The number of hydrogen-bond acceptors (Lipinski definition) is 4. The largest absolute Gasteiger partial charge is 0.497 e.